The minimum Gasteiger partial charge on any atom is -0.476 e. The highest BCUT2D eigenvalue weighted by atomic mass is 32.2. The molecule has 3 N–H and O–H groups in total. The van der Waals surface area contributed by atoms with Gasteiger partial charge < -0.3 is 15.8 Å². The first-order valence-electron chi connectivity index (χ1n) is 5.65. The number of anilines is 2. The normalized spacial score (nSPS) is 12.1. The Bertz CT molecular complexity index is 385. The van der Waals surface area contributed by atoms with Gasteiger partial charge in [-0.05, 0) is 19.1 Å². The van der Waals surface area contributed by atoms with Crippen molar-refractivity contribution in [2.75, 3.05) is 35.7 Å². The molecule has 0 bridgehead atoms. The van der Waals surface area contributed by atoms with Gasteiger partial charge in [0.05, 0.1) is 12.3 Å². The first-order chi connectivity index (χ1) is 8.17. The van der Waals surface area contributed by atoms with Crippen LogP contribution in [-0.4, -0.2) is 33.9 Å². The smallest absolute Gasteiger partial charge is 0.239 e. The summed E-state index contributed by atoms with van der Waals surface area (Å²) in [7, 11) is -0.760. The van der Waals surface area contributed by atoms with Gasteiger partial charge in [0, 0.05) is 28.9 Å². The van der Waals surface area contributed by atoms with Crippen LogP contribution < -0.4 is 15.8 Å². The fraction of sp³-hybridized carbons (Fsp3) is 0.545. The second-order valence-corrected chi connectivity index (χ2v) is 5.25. The van der Waals surface area contributed by atoms with Gasteiger partial charge >= 0.3 is 0 Å². The molecule has 5 nitrogen and oxygen atoms in total. The molecule has 0 fully saturated rings. The number of nitrogen functional groups attached to an aromatic ring is 1. The van der Waals surface area contributed by atoms with Crippen molar-refractivity contribution in [2.45, 2.75) is 13.8 Å². The molecule has 0 aliphatic carbocycles. The summed E-state index contributed by atoms with van der Waals surface area (Å²) in [6.45, 7) is 4.94. The number of aromatic nitrogens is 1. The molecule has 1 aromatic rings. The molecule has 0 aliphatic heterocycles. The third-order valence-corrected chi connectivity index (χ3v) is 3.43. The van der Waals surface area contributed by atoms with Crippen LogP contribution in [0.2, 0.25) is 0 Å². The maximum Gasteiger partial charge on any atom is 0.239 e. The lowest BCUT2D eigenvalue weighted by Crippen LogP contribution is -2.13. The molecule has 0 saturated heterocycles. The molecule has 1 aromatic heterocycles. The van der Waals surface area contributed by atoms with Gasteiger partial charge in [-0.1, -0.05) is 6.92 Å². The van der Waals surface area contributed by atoms with Crippen LogP contribution in [0.15, 0.2) is 12.1 Å². The van der Waals surface area contributed by atoms with Crippen LogP contribution in [0.4, 0.5) is 11.5 Å². The van der Waals surface area contributed by atoms with Gasteiger partial charge in [-0.25, -0.2) is 0 Å². The Hall–Kier alpha value is -1.30. The predicted octanol–water partition coefficient (Wildman–Crippen LogP) is 1.24. The summed E-state index contributed by atoms with van der Waals surface area (Å²) >= 11 is 0. The number of hydrogen-bond donors (Lipinski definition) is 2. The average Bonchev–Trinajstić information content (AvgIpc) is 2.33. The van der Waals surface area contributed by atoms with Crippen molar-refractivity contribution in [3.8, 4) is 5.88 Å². The van der Waals surface area contributed by atoms with Crippen molar-refractivity contribution in [1.82, 2.24) is 4.98 Å². The molecule has 17 heavy (non-hydrogen) atoms. The van der Waals surface area contributed by atoms with E-state index in [4.69, 9.17) is 10.5 Å². The fourth-order valence-electron chi connectivity index (χ4n) is 1.24. The zero-order valence-electron chi connectivity index (χ0n) is 10.2. The van der Waals surface area contributed by atoms with Crippen LogP contribution in [0.1, 0.15) is 13.8 Å². The van der Waals surface area contributed by atoms with E-state index >= 15 is 0 Å². The Balaban J connectivity index is 2.53. The van der Waals surface area contributed by atoms with Crippen LogP contribution in [0.3, 0.4) is 0 Å². The molecule has 96 valence electrons. The van der Waals surface area contributed by atoms with Gasteiger partial charge in [-0.2, -0.15) is 4.98 Å². The number of nitrogens with two attached hydrogens (primary N) is 1. The van der Waals surface area contributed by atoms with Crippen LogP contribution in [-0.2, 0) is 10.8 Å². The lowest BCUT2D eigenvalue weighted by molar-refractivity contribution is 0.329. The predicted molar refractivity (Wildman–Crippen MR) is 71.9 cm³/mol. The number of nitrogens with zero attached hydrogens (tertiary/aromatic N) is 1. The molecule has 1 atom stereocenters. The van der Waals surface area contributed by atoms with Gasteiger partial charge in [0.1, 0.15) is 5.82 Å². The molecule has 0 aliphatic rings. The van der Waals surface area contributed by atoms with Crippen LogP contribution in [0.5, 0.6) is 5.88 Å². The second kappa shape index (κ2) is 7.11. The van der Waals surface area contributed by atoms with E-state index in [1.807, 2.05) is 13.8 Å². The summed E-state index contributed by atoms with van der Waals surface area (Å²) in [5.41, 5.74) is 6.23. The first kappa shape index (κ1) is 13.8. The zero-order valence-corrected chi connectivity index (χ0v) is 11.0. The number of pyridine rings is 1. The van der Waals surface area contributed by atoms with E-state index in [1.54, 1.807) is 12.1 Å². The fourth-order valence-corrected chi connectivity index (χ4v) is 1.86. The van der Waals surface area contributed by atoms with Gasteiger partial charge in [0.25, 0.3) is 0 Å². The standard InChI is InChI=1S/C11H19N3O2S/c1-3-16-11-9(12)5-6-10(14-11)13-7-8-17(15)4-2/h5-6H,3-4,7-8,12H2,1-2H3,(H,13,14). The van der Waals surface area contributed by atoms with Gasteiger partial charge in [0.15, 0.2) is 0 Å². The highest BCUT2D eigenvalue weighted by molar-refractivity contribution is 7.84. The molecular weight excluding hydrogens is 238 g/mol. The van der Waals surface area contributed by atoms with Gasteiger partial charge in [-0.15, -0.1) is 0 Å². The SMILES string of the molecule is CCOc1nc(NCCS(=O)CC)ccc1N. The Morgan fingerprint density at radius 2 is 2.24 bits per heavy atom. The van der Waals surface area contributed by atoms with Crippen LogP contribution in [0.25, 0.3) is 0 Å². The topological polar surface area (TPSA) is 77.2 Å². The number of ether oxygens (including phenoxy) is 1. The molecule has 0 saturated carbocycles. The molecule has 0 spiro atoms. The lowest BCUT2D eigenvalue weighted by atomic mass is 10.4. The molecule has 0 aromatic carbocycles. The largest absolute Gasteiger partial charge is 0.476 e. The summed E-state index contributed by atoms with van der Waals surface area (Å²) in [5.74, 6) is 2.43. The Morgan fingerprint density at radius 3 is 2.88 bits per heavy atom. The third kappa shape index (κ3) is 4.60. The van der Waals surface area contributed by atoms with E-state index in [0.717, 1.165) is 0 Å². The minimum absolute atomic E-state index is 0.439. The van der Waals surface area contributed by atoms with Crippen molar-refractivity contribution in [3.63, 3.8) is 0 Å². The maximum atomic E-state index is 11.2. The Morgan fingerprint density at radius 1 is 1.47 bits per heavy atom. The average molecular weight is 257 g/mol. The first-order valence-corrected chi connectivity index (χ1v) is 7.14. The molecule has 1 heterocycles. The van der Waals surface area contributed by atoms with Crippen LogP contribution >= 0.6 is 0 Å². The second-order valence-electron chi connectivity index (χ2n) is 3.38. The molecule has 0 amide bonds. The maximum absolute atomic E-state index is 11.2. The van der Waals surface area contributed by atoms with E-state index in [2.05, 4.69) is 10.3 Å². The van der Waals surface area contributed by atoms with Crippen molar-refractivity contribution in [2.24, 2.45) is 0 Å². The number of nitrogens with one attached hydrogen (secondary N) is 1. The van der Waals surface area contributed by atoms with Gasteiger partial charge in [-0.3, -0.25) is 4.21 Å². The van der Waals surface area contributed by atoms with Crippen LogP contribution in [0, 0.1) is 0 Å². The minimum atomic E-state index is -0.760. The summed E-state index contributed by atoms with van der Waals surface area (Å²) in [4.78, 5) is 4.23. The summed E-state index contributed by atoms with van der Waals surface area (Å²) in [5, 5.41) is 3.10. The van der Waals surface area contributed by atoms with E-state index in [-0.39, 0.29) is 0 Å². The van der Waals surface area contributed by atoms with E-state index in [0.29, 0.717) is 42.0 Å². The summed E-state index contributed by atoms with van der Waals surface area (Å²) < 4.78 is 16.5. The Kier molecular flexibility index (Phi) is 5.76. The van der Waals surface area contributed by atoms with Crippen molar-refractivity contribution < 1.29 is 8.95 Å². The quantitative estimate of drug-likeness (QED) is 0.768. The van der Waals surface area contributed by atoms with Crippen molar-refractivity contribution >= 4 is 22.3 Å². The molecule has 1 rings (SSSR count). The molecule has 1 unspecified atom stereocenters. The Labute approximate surface area is 104 Å². The summed E-state index contributed by atoms with van der Waals surface area (Å²) in [6, 6.07) is 3.53. The van der Waals surface area contributed by atoms with E-state index in [9.17, 15) is 4.21 Å². The highest BCUT2D eigenvalue weighted by Crippen LogP contribution is 2.20. The van der Waals surface area contributed by atoms with E-state index < -0.39 is 10.8 Å². The van der Waals surface area contributed by atoms with E-state index in [1.165, 1.54) is 0 Å². The third-order valence-electron chi connectivity index (χ3n) is 2.13. The molecule has 0 radical (unpaired) electrons. The molecular formula is C11H19N3O2S. The van der Waals surface area contributed by atoms with Gasteiger partial charge in [0.2, 0.25) is 5.88 Å². The zero-order chi connectivity index (χ0) is 12.7. The number of rotatable bonds is 7. The van der Waals surface area contributed by atoms with Crippen molar-refractivity contribution in [1.29, 1.82) is 0 Å². The lowest BCUT2D eigenvalue weighted by Gasteiger charge is -2.09. The van der Waals surface area contributed by atoms with Crippen molar-refractivity contribution in [3.05, 3.63) is 12.1 Å². The summed E-state index contributed by atoms with van der Waals surface area (Å²) in [6.07, 6.45) is 0. The number of hydrogen-bond acceptors (Lipinski definition) is 5. The molecule has 6 heteroatoms. The highest BCUT2D eigenvalue weighted by Gasteiger charge is 2.03. The monoisotopic (exact) mass is 257 g/mol.